The minimum absolute atomic E-state index is 0.0709. The van der Waals surface area contributed by atoms with Crippen LogP contribution in [0.15, 0.2) is 29.4 Å². The number of carbonyl (C=O) groups is 3. The number of fused-ring (bicyclic) bond motifs is 1. The van der Waals surface area contributed by atoms with E-state index < -0.39 is 35.8 Å². The number of H-pyrrole nitrogens is 1. The molecule has 0 fully saturated rings. The summed E-state index contributed by atoms with van der Waals surface area (Å²) in [6.07, 6.45) is 0.982. The number of aromatic amines is 1. The third kappa shape index (κ3) is 6.34. The van der Waals surface area contributed by atoms with Gasteiger partial charge in [-0.25, -0.2) is 0 Å². The van der Waals surface area contributed by atoms with E-state index in [4.69, 9.17) is 19.7 Å². The summed E-state index contributed by atoms with van der Waals surface area (Å²) in [4.78, 5) is 43.3. The van der Waals surface area contributed by atoms with Crippen molar-refractivity contribution in [2.45, 2.75) is 38.2 Å². The lowest BCUT2D eigenvalue weighted by Gasteiger charge is -2.25. The molecule has 4 unspecified atom stereocenters. The first-order chi connectivity index (χ1) is 15.9. The fourth-order valence-electron chi connectivity index (χ4n) is 4.07. The number of aldehydes is 1. The van der Waals surface area contributed by atoms with Crippen LogP contribution in [0.25, 0.3) is 21.3 Å². The van der Waals surface area contributed by atoms with Crippen LogP contribution in [0.5, 0.6) is 0 Å². The van der Waals surface area contributed by atoms with E-state index in [2.05, 4.69) is 15.0 Å². The fourth-order valence-corrected chi connectivity index (χ4v) is 4.07. The predicted octanol–water partition coefficient (Wildman–Crippen LogP) is 3.70. The zero-order valence-corrected chi connectivity index (χ0v) is 19.3. The highest BCUT2D eigenvalue weighted by molar-refractivity contribution is 5.88. The molecule has 1 heterocycles. The Hall–Kier alpha value is -3.36. The Bertz CT molecular complexity index is 1010. The molecular weight excluding hydrogens is 428 g/mol. The van der Waals surface area contributed by atoms with E-state index in [0.29, 0.717) is 12.1 Å². The number of esters is 2. The molecule has 0 amide bonds. The topological polar surface area (TPSA) is 143 Å². The van der Waals surface area contributed by atoms with E-state index in [1.54, 1.807) is 6.92 Å². The molecule has 1 N–H and O–H groups in total. The van der Waals surface area contributed by atoms with Crippen molar-refractivity contribution < 1.29 is 28.6 Å². The van der Waals surface area contributed by atoms with Crippen LogP contribution in [-0.2, 0) is 35.0 Å². The van der Waals surface area contributed by atoms with Crippen molar-refractivity contribution >= 4 is 29.1 Å². The lowest BCUT2D eigenvalue weighted by Crippen LogP contribution is -2.30. The van der Waals surface area contributed by atoms with E-state index in [0.717, 1.165) is 22.8 Å². The Morgan fingerprint density at radius 3 is 2.45 bits per heavy atom. The maximum absolute atomic E-state index is 12.9. The number of nitrogens with one attached hydrogen (secondary N) is 1. The van der Waals surface area contributed by atoms with Gasteiger partial charge < -0.3 is 24.0 Å². The fraction of sp³-hybridized carbons (Fsp3) is 0.522. The minimum atomic E-state index is -0.822. The van der Waals surface area contributed by atoms with Crippen LogP contribution in [0.2, 0.25) is 0 Å². The Morgan fingerprint density at radius 1 is 1.15 bits per heavy atom. The van der Waals surface area contributed by atoms with Crippen LogP contribution in [-0.4, -0.2) is 57.2 Å². The predicted molar refractivity (Wildman–Crippen MR) is 122 cm³/mol. The second kappa shape index (κ2) is 12.6. The number of methoxy groups -OCH3 is 3. The van der Waals surface area contributed by atoms with Crippen molar-refractivity contribution in [3.63, 3.8) is 0 Å². The first-order valence-corrected chi connectivity index (χ1v) is 10.7. The van der Waals surface area contributed by atoms with E-state index in [1.807, 2.05) is 24.3 Å². The van der Waals surface area contributed by atoms with Gasteiger partial charge in [-0.1, -0.05) is 23.3 Å². The van der Waals surface area contributed by atoms with Gasteiger partial charge in [-0.05, 0) is 43.3 Å². The van der Waals surface area contributed by atoms with E-state index in [9.17, 15) is 14.4 Å². The van der Waals surface area contributed by atoms with Gasteiger partial charge in [-0.2, -0.15) is 0 Å². The van der Waals surface area contributed by atoms with Gasteiger partial charge in [-0.15, -0.1) is 0 Å². The zero-order valence-electron chi connectivity index (χ0n) is 19.3. The van der Waals surface area contributed by atoms with Gasteiger partial charge in [0.2, 0.25) is 0 Å². The van der Waals surface area contributed by atoms with Crippen LogP contribution in [0.3, 0.4) is 0 Å². The molecule has 0 radical (unpaired) electrons. The smallest absolute Gasteiger partial charge is 0.314 e. The van der Waals surface area contributed by atoms with Crippen molar-refractivity contribution in [2.24, 2.45) is 17.0 Å². The summed E-state index contributed by atoms with van der Waals surface area (Å²) in [6.45, 7) is 1.95. The summed E-state index contributed by atoms with van der Waals surface area (Å²) in [5, 5.41) is 4.52. The van der Waals surface area contributed by atoms with Gasteiger partial charge in [0.15, 0.2) is 0 Å². The van der Waals surface area contributed by atoms with Gasteiger partial charge in [0.25, 0.3) is 0 Å². The molecule has 1 aromatic carbocycles. The van der Waals surface area contributed by atoms with Crippen molar-refractivity contribution in [1.29, 1.82) is 0 Å². The molecule has 0 saturated carbocycles. The molecule has 0 spiro atoms. The molecular formula is C23H30N4O6. The molecule has 10 heteroatoms. The molecule has 178 valence electrons. The van der Waals surface area contributed by atoms with Crippen molar-refractivity contribution in [3.05, 3.63) is 46.0 Å². The maximum atomic E-state index is 12.9. The maximum Gasteiger partial charge on any atom is 0.314 e. The Labute approximate surface area is 192 Å². The third-order valence-corrected chi connectivity index (χ3v) is 5.97. The largest absolute Gasteiger partial charge is 0.469 e. The molecule has 0 bridgehead atoms. The summed E-state index contributed by atoms with van der Waals surface area (Å²) < 4.78 is 15.3. The number of hydrogen-bond donors (Lipinski definition) is 1. The van der Waals surface area contributed by atoms with Gasteiger partial charge in [0.1, 0.15) is 6.29 Å². The first-order valence-electron chi connectivity index (χ1n) is 10.7. The van der Waals surface area contributed by atoms with Gasteiger partial charge >= 0.3 is 11.9 Å². The summed E-state index contributed by atoms with van der Waals surface area (Å²) in [5.41, 5.74) is 10.9. The Balaban J connectivity index is 2.51. The molecule has 1 aromatic heterocycles. The zero-order chi connectivity index (χ0) is 24.4. The standard InChI is InChI=1S/C23H30N4O6/c1-14(31-2)16(13-28)11-15(22(29)32-3)12-19(23(30)33-4)21-18(9-10-25-27-24)17-7-5-6-8-20(17)26-21/h5-8,13-16,19,26H,9-12H2,1-4H3. The SMILES string of the molecule is COC(=O)C(CC(C(=O)OC)c1[nH]c2ccccc2c1CCN=[N+]=[N-])CC(C=O)C(C)OC. The number of para-hydroxylation sites is 1. The van der Waals surface area contributed by atoms with Crippen molar-refractivity contribution in [2.75, 3.05) is 27.9 Å². The highest BCUT2D eigenvalue weighted by atomic mass is 16.5. The number of carbonyl (C=O) groups excluding carboxylic acids is 3. The molecule has 0 saturated heterocycles. The van der Waals surface area contributed by atoms with Crippen LogP contribution < -0.4 is 0 Å². The lowest BCUT2D eigenvalue weighted by atomic mass is 9.83. The average molecular weight is 459 g/mol. The monoisotopic (exact) mass is 458 g/mol. The Kier molecular flexibility index (Phi) is 9.90. The lowest BCUT2D eigenvalue weighted by molar-refractivity contribution is -0.148. The second-order valence-electron chi connectivity index (χ2n) is 7.78. The number of aromatic nitrogens is 1. The van der Waals surface area contributed by atoms with Gasteiger partial charge in [0, 0.05) is 41.1 Å². The number of ether oxygens (including phenoxy) is 3. The second-order valence-corrected chi connectivity index (χ2v) is 7.78. The number of benzene rings is 1. The molecule has 0 aliphatic rings. The van der Waals surface area contributed by atoms with Crippen molar-refractivity contribution in [3.8, 4) is 0 Å². The molecule has 4 atom stereocenters. The first kappa shape index (κ1) is 25.9. The highest BCUT2D eigenvalue weighted by Crippen LogP contribution is 2.35. The van der Waals surface area contributed by atoms with Crippen LogP contribution in [0.1, 0.15) is 36.9 Å². The van der Waals surface area contributed by atoms with Crippen molar-refractivity contribution in [1.82, 2.24) is 4.98 Å². The normalized spacial score (nSPS) is 14.5. The third-order valence-electron chi connectivity index (χ3n) is 5.97. The molecule has 2 rings (SSSR count). The number of azide groups is 1. The molecule has 0 aliphatic carbocycles. The van der Waals surface area contributed by atoms with Gasteiger partial charge in [-0.3, -0.25) is 9.59 Å². The van der Waals surface area contributed by atoms with E-state index >= 15 is 0 Å². The highest BCUT2D eigenvalue weighted by Gasteiger charge is 2.35. The molecule has 33 heavy (non-hydrogen) atoms. The Morgan fingerprint density at radius 2 is 1.85 bits per heavy atom. The minimum Gasteiger partial charge on any atom is -0.469 e. The number of rotatable bonds is 13. The molecule has 2 aromatic rings. The van der Waals surface area contributed by atoms with Gasteiger partial charge in [0.05, 0.1) is 32.2 Å². The van der Waals surface area contributed by atoms with Crippen LogP contribution >= 0.6 is 0 Å². The summed E-state index contributed by atoms with van der Waals surface area (Å²) in [5.74, 6) is -3.17. The van der Waals surface area contributed by atoms with E-state index in [-0.39, 0.29) is 19.4 Å². The average Bonchev–Trinajstić information content (AvgIpc) is 3.21. The van der Waals surface area contributed by atoms with Crippen LogP contribution in [0.4, 0.5) is 0 Å². The number of hydrogen-bond acceptors (Lipinski definition) is 7. The summed E-state index contributed by atoms with van der Waals surface area (Å²) >= 11 is 0. The quantitative estimate of drug-likeness (QED) is 0.159. The van der Waals surface area contributed by atoms with Crippen LogP contribution in [0, 0.1) is 11.8 Å². The molecule has 0 aliphatic heterocycles. The number of nitrogens with zero attached hydrogens (tertiary/aromatic N) is 3. The summed E-state index contributed by atoms with van der Waals surface area (Å²) in [7, 11) is 4.05. The van der Waals surface area contributed by atoms with E-state index in [1.165, 1.54) is 21.3 Å². The summed E-state index contributed by atoms with van der Waals surface area (Å²) in [6, 6.07) is 7.54. The molecule has 10 nitrogen and oxygen atoms in total.